The van der Waals surface area contributed by atoms with E-state index in [1.165, 1.54) is 0 Å². The van der Waals surface area contributed by atoms with E-state index in [9.17, 15) is 2.74 Å². The Morgan fingerprint density at radius 2 is 0.836 bits per heavy atom. The summed E-state index contributed by atoms with van der Waals surface area (Å²) in [6.07, 6.45) is 0. The van der Waals surface area contributed by atoms with Crippen LogP contribution in [0.2, 0.25) is 0 Å². The quantitative estimate of drug-likeness (QED) is 0.164. The summed E-state index contributed by atoms with van der Waals surface area (Å²) in [7, 11) is 0. The van der Waals surface area contributed by atoms with Crippen LogP contribution >= 0.6 is 11.3 Å². The van der Waals surface area contributed by atoms with Crippen molar-refractivity contribution < 1.29 is 12.3 Å². The minimum absolute atomic E-state index is 0.116. The van der Waals surface area contributed by atoms with Crippen LogP contribution in [0.5, 0.6) is 0 Å². The first-order valence-corrected chi connectivity index (χ1v) is 18.5. The van der Waals surface area contributed by atoms with Crippen LogP contribution in [0.25, 0.3) is 98.8 Å². The van der Waals surface area contributed by atoms with Gasteiger partial charge in [0.05, 0.1) is 12.3 Å². The molecule has 0 saturated carbocycles. The maximum absolute atomic E-state index is 9.20. The maximum Gasteiger partial charge on any atom is 0.164 e. The van der Waals surface area contributed by atoms with Crippen molar-refractivity contribution in [3.63, 3.8) is 0 Å². The Labute approximate surface area is 336 Å². The molecule has 0 aliphatic rings. The Kier molecular flexibility index (Phi) is 6.23. The van der Waals surface area contributed by atoms with Gasteiger partial charge in [0.1, 0.15) is 0 Å². The molecule has 4 heteroatoms. The van der Waals surface area contributed by atoms with E-state index in [1.54, 1.807) is 11.3 Å². The zero-order chi connectivity index (χ0) is 44.4. The maximum atomic E-state index is 9.20. The van der Waals surface area contributed by atoms with Gasteiger partial charge in [0.25, 0.3) is 0 Å². The van der Waals surface area contributed by atoms with E-state index in [0.29, 0.717) is 11.1 Å². The first-order valence-electron chi connectivity index (χ1n) is 22.2. The van der Waals surface area contributed by atoms with Gasteiger partial charge in [-0.2, -0.15) is 0 Å². The standard InChI is InChI=1S/C51H33N3S/c1-4-11-34(12-5-1)37-19-25-40(26-20-37)44-17-10-18-46-48(44)45-32-31-43(33-47(45)55-46)51-53-49(41-27-21-38(22-28-41)35-13-6-2-7-14-35)52-50(54-51)42-29-23-39(24-30-42)36-15-8-3-9-16-36/h1-33H/i2D,6D,7D,13D,14D,21D,22D,27D,28D. The van der Waals surface area contributed by atoms with Gasteiger partial charge in [0.15, 0.2) is 17.5 Å². The fourth-order valence-corrected chi connectivity index (χ4v) is 7.96. The average Bonchev–Trinajstić information content (AvgIpc) is 3.72. The molecule has 10 aromatic rings. The van der Waals surface area contributed by atoms with Gasteiger partial charge in [-0.25, -0.2) is 15.0 Å². The number of thiophene rings is 1. The number of aromatic nitrogens is 3. The zero-order valence-corrected chi connectivity index (χ0v) is 29.9. The van der Waals surface area contributed by atoms with Crippen LogP contribution in [0, 0.1) is 0 Å². The molecule has 0 fully saturated rings. The Balaban J connectivity index is 1.12. The Morgan fingerprint density at radius 3 is 1.47 bits per heavy atom. The third kappa shape index (κ3) is 6.39. The Bertz CT molecular complexity index is 3410. The van der Waals surface area contributed by atoms with E-state index < -0.39 is 65.5 Å². The van der Waals surface area contributed by atoms with Gasteiger partial charge in [-0.15, -0.1) is 11.3 Å². The molecule has 0 aliphatic heterocycles. The van der Waals surface area contributed by atoms with Gasteiger partial charge in [-0.05, 0) is 56.6 Å². The molecular weight excluding hydrogens is 687 g/mol. The van der Waals surface area contributed by atoms with E-state index in [1.807, 2.05) is 91.0 Å². The molecule has 10 rings (SSSR count). The molecule has 55 heavy (non-hydrogen) atoms. The lowest BCUT2D eigenvalue weighted by Crippen LogP contribution is -2.00. The molecule has 0 atom stereocenters. The first-order chi connectivity index (χ1) is 31.0. The minimum atomic E-state index is -0.647. The topological polar surface area (TPSA) is 38.7 Å². The number of rotatable bonds is 7. The van der Waals surface area contributed by atoms with Gasteiger partial charge in [0, 0.05) is 36.9 Å². The summed E-state index contributed by atoms with van der Waals surface area (Å²) in [4.78, 5) is 14.5. The summed E-state index contributed by atoms with van der Waals surface area (Å²) in [5.74, 6) is 0.369. The highest BCUT2D eigenvalue weighted by atomic mass is 32.1. The second-order valence-electron chi connectivity index (χ2n) is 12.9. The predicted molar refractivity (Wildman–Crippen MR) is 231 cm³/mol. The van der Waals surface area contributed by atoms with Gasteiger partial charge < -0.3 is 0 Å². The summed E-state index contributed by atoms with van der Waals surface area (Å²) in [6, 6.07) is 43.3. The van der Waals surface area contributed by atoms with Crippen molar-refractivity contribution in [2.45, 2.75) is 0 Å². The molecule has 0 radical (unpaired) electrons. The van der Waals surface area contributed by atoms with Crippen LogP contribution in [-0.4, -0.2) is 15.0 Å². The van der Waals surface area contributed by atoms with Crippen molar-refractivity contribution >= 4 is 31.5 Å². The van der Waals surface area contributed by atoms with Crippen molar-refractivity contribution in [1.29, 1.82) is 0 Å². The predicted octanol–water partition coefficient (Wildman–Crippen LogP) is 13.9. The van der Waals surface area contributed by atoms with E-state index in [-0.39, 0.29) is 23.0 Å². The van der Waals surface area contributed by atoms with Gasteiger partial charge >= 0.3 is 0 Å². The van der Waals surface area contributed by atoms with Crippen molar-refractivity contribution in [3.8, 4) is 78.7 Å². The lowest BCUT2D eigenvalue weighted by Gasteiger charge is -2.10. The number of benzene rings is 8. The third-order valence-corrected chi connectivity index (χ3v) is 10.7. The molecule has 3 nitrogen and oxygen atoms in total. The largest absolute Gasteiger partial charge is 0.208 e. The summed E-state index contributed by atoms with van der Waals surface area (Å²) in [5, 5.41) is 2.18. The van der Waals surface area contributed by atoms with Crippen molar-refractivity contribution in [1.82, 2.24) is 15.0 Å². The van der Waals surface area contributed by atoms with Gasteiger partial charge in [-0.3, -0.25) is 0 Å². The summed E-state index contributed by atoms with van der Waals surface area (Å²) >= 11 is 1.64. The van der Waals surface area contributed by atoms with E-state index in [2.05, 4.69) is 54.6 Å². The van der Waals surface area contributed by atoms with Gasteiger partial charge in [-0.1, -0.05) is 188 Å². The molecule has 0 bridgehead atoms. The van der Waals surface area contributed by atoms with Crippen LogP contribution in [0.4, 0.5) is 0 Å². The molecule has 0 amide bonds. The second kappa shape index (κ2) is 14.1. The van der Waals surface area contributed by atoms with Crippen molar-refractivity contribution in [2.24, 2.45) is 0 Å². The highest BCUT2D eigenvalue weighted by molar-refractivity contribution is 7.26. The van der Waals surface area contributed by atoms with Crippen LogP contribution in [0.1, 0.15) is 12.3 Å². The summed E-state index contributed by atoms with van der Waals surface area (Å²) in [6.45, 7) is 0. The smallest absolute Gasteiger partial charge is 0.164 e. The highest BCUT2D eigenvalue weighted by Crippen LogP contribution is 2.42. The number of nitrogens with zero attached hydrogens (tertiary/aromatic N) is 3. The third-order valence-electron chi connectivity index (χ3n) is 9.54. The average molecular weight is 729 g/mol. The Hall–Kier alpha value is -7.01. The van der Waals surface area contributed by atoms with Crippen LogP contribution in [-0.2, 0) is 0 Å². The van der Waals surface area contributed by atoms with E-state index in [0.717, 1.165) is 53.6 Å². The highest BCUT2D eigenvalue weighted by Gasteiger charge is 2.16. The Morgan fingerprint density at radius 1 is 0.345 bits per heavy atom. The lowest BCUT2D eigenvalue weighted by atomic mass is 9.97. The normalized spacial score (nSPS) is 13.6. The molecule has 2 aromatic heterocycles. The van der Waals surface area contributed by atoms with Crippen molar-refractivity contribution in [3.05, 3.63) is 200 Å². The monoisotopic (exact) mass is 728 g/mol. The summed E-state index contributed by atoms with van der Waals surface area (Å²) in [5.41, 5.74) is 6.70. The van der Waals surface area contributed by atoms with Crippen LogP contribution < -0.4 is 0 Å². The van der Waals surface area contributed by atoms with Gasteiger partial charge in [0.2, 0.25) is 0 Å². The molecule has 0 unspecified atom stereocenters. The second-order valence-corrected chi connectivity index (χ2v) is 14.0. The van der Waals surface area contributed by atoms with Crippen molar-refractivity contribution in [2.75, 3.05) is 0 Å². The molecule has 0 spiro atoms. The molecule has 2 heterocycles. The van der Waals surface area contributed by atoms with E-state index in [4.69, 9.17) is 24.5 Å². The fourth-order valence-electron chi connectivity index (χ4n) is 6.79. The zero-order valence-electron chi connectivity index (χ0n) is 38.1. The first kappa shape index (κ1) is 24.3. The number of hydrogen-bond donors (Lipinski definition) is 0. The fraction of sp³-hybridized carbons (Fsp3) is 0. The molecule has 0 aliphatic carbocycles. The SMILES string of the molecule is [2H]c1c([2H])c([2H])c(-c2c([2H])c([2H])c(-c3nc(-c4ccc(-c5ccccc5)cc4)nc(-c4ccc5c(c4)sc4cccc(-c6ccc(-c7ccccc7)cc6)c45)n3)c([2H])c2[2H])c([2H])c1[2H]. The van der Waals surface area contributed by atoms with E-state index >= 15 is 0 Å². The molecule has 8 aromatic carbocycles. The number of fused-ring (bicyclic) bond motifs is 3. The number of hydrogen-bond acceptors (Lipinski definition) is 4. The summed E-state index contributed by atoms with van der Waals surface area (Å²) < 4.78 is 80.1. The minimum Gasteiger partial charge on any atom is -0.208 e. The molecule has 258 valence electrons. The lowest BCUT2D eigenvalue weighted by molar-refractivity contribution is 1.07. The molecule has 0 saturated heterocycles. The molecular formula is C51H33N3S. The van der Waals surface area contributed by atoms with Crippen LogP contribution in [0.3, 0.4) is 0 Å². The molecule has 0 N–H and O–H groups in total. The van der Waals surface area contributed by atoms with Crippen LogP contribution in [0.15, 0.2) is 200 Å².